The summed E-state index contributed by atoms with van der Waals surface area (Å²) < 4.78 is 16.3. The molecular weight excluding hydrogens is 324 g/mol. The summed E-state index contributed by atoms with van der Waals surface area (Å²) in [5.74, 6) is 0. The Balaban J connectivity index is 3.14. The largest absolute Gasteiger partial charge is 0.249 e. The van der Waals surface area contributed by atoms with Crippen molar-refractivity contribution in [2.75, 3.05) is 0 Å². The quantitative estimate of drug-likeness (QED) is 0.821. The van der Waals surface area contributed by atoms with Gasteiger partial charge in [0.05, 0.1) is 21.3 Å². The number of nitrogens with zero attached hydrogens (tertiary/aromatic N) is 1. The van der Waals surface area contributed by atoms with Crippen LogP contribution in [0, 0.1) is 0 Å². The third kappa shape index (κ3) is 4.10. The van der Waals surface area contributed by atoms with Crippen LogP contribution in [-0.4, -0.2) is 13.9 Å². The molecule has 0 fully saturated rings. The van der Waals surface area contributed by atoms with E-state index in [1.807, 2.05) is 32.9 Å². The van der Waals surface area contributed by atoms with E-state index in [2.05, 4.69) is 39.5 Å². The summed E-state index contributed by atoms with van der Waals surface area (Å²) in [6, 6.07) is 3.99. The lowest BCUT2D eigenvalue weighted by molar-refractivity contribution is 0.370. The van der Waals surface area contributed by atoms with Crippen LogP contribution in [0.15, 0.2) is 22.9 Å². The summed E-state index contributed by atoms with van der Waals surface area (Å²) >= 11 is 3.40. The van der Waals surface area contributed by atoms with Crippen LogP contribution in [0.2, 0.25) is 0 Å². The highest BCUT2D eigenvalue weighted by atomic mass is 79.9. The summed E-state index contributed by atoms with van der Waals surface area (Å²) in [4.78, 5) is 4.16. The van der Waals surface area contributed by atoms with Crippen LogP contribution in [0.1, 0.15) is 53.0 Å². The minimum Gasteiger partial charge on any atom is -0.249 e. The molecule has 0 aliphatic carbocycles. The van der Waals surface area contributed by atoms with Crippen molar-refractivity contribution >= 4 is 26.9 Å². The first-order chi connectivity index (χ1) is 8.75. The third-order valence-electron chi connectivity index (χ3n) is 3.33. The number of hydrogen-bond acceptors (Lipinski definition) is 2. The maximum atomic E-state index is 12.4. The molecule has 19 heavy (non-hydrogen) atoms. The lowest BCUT2D eigenvalue weighted by Gasteiger charge is -2.35. The van der Waals surface area contributed by atoms with Crippen molar-refractivity contribution in [1.82, 2.24) is 9.71 Å². The fourth-order valence-electron chi connectivity index (χ4n) is 1.89. The average Bonchev–Trinajstić information content (AvgIpc) is 2.34. The Morgan fingerprint density at radius 3 is 2.32 bits per heavy atom. The standard InChI is InChI=1S/C14H23BrN2OS/c1-6-14(7-2,17-19(18)13(3,4)5)11-8-9-16-12(15)10-11/h8-10,17H,6-7H2,1-5H3. The predicted octanol–water partition coefficient (Wildman–Crippen LogP) is 3.91. The molecule has 0 radical (unpaired) electrons. The molecule has 5 heteroatoms. The van der Waals surface area contributed by atoms with Crippen molar-refractivity contribution in [3.8, 4) is 0 Å². The number of nitrogens with one attached hydrogen (secondary N) is 1. The molecule has 3 nitrogen and oxygen atoms in total. The molecule has 1 rings (SSSR count). The van der Waals surface area contributed by atoms with E-state index in [4.69, 9.17) is 0 Å². The first kappa shape index (κ1) is 16.8. The molecule has 1 heterocycles. The Kier molecular flexibility index (Phi) is 5.71. The molecule has 0 amide bonds. The van der Waals surface area contributed by atoms with Crippen LogP contribution in [0.25, 0.3) is 0 Å². The second-order valence-corrected chi connectivity index (χ2v) is 8.42. The monoisotopic (exact) mass is 346 g/mol. The molecule has 0 aliphatic heterocycles. The summed E-state index contributed by atoms with van der Waals surface area (Å²) in [6.07, 6.45) is 3.53. The van der Waals surface area contributed by atoms with Crippen LogP contribution in [0.5, 0.6) is 0 Å². The molecular formula is C14H23BrN2OS. The Morgan fingerprint density at radius 1 is 1.32 bits per heavy atom. The van der Waals surface area contributed by atoms with E-state index in [-0.39, 0.29) is 10.3 Å². The second-order valence-electron chi connectivity index (χ2n) is 5.64. The predicted molar refractivity (Wildman–Crippen MR) is 85.2 cm³/mol. The Labute approximate surface area is 127 Å². The topological polar surface area (TPSA) is 42.0 Å². The first-order valence-electron chi connectivity index (χ1n) is 6.57. The molecule has 1 aromatic heterocycles. The summed E-state index contributed by atoms with van der Waals surface area (Å²) in [7, 11) is -1.10. The lowest BCUT2D eigenvalue weighted by Crippen LogP contribution is -2.47. The number of aromatic nitrogens is 1. The minimum absolute atomic E-state index is 0.274. The van der Waals surface area contributed by atoms with Gasteiger partial charge in [-0.2, -0.15) is 0 Å². The molecule has 0 saturated heterocycles. The zero-order valence-electron chi connectivity index (χ0n) is 12.3. The van der Waals surface area contributed by atoms with Gasteiger partial charge in [-0.25, -0.2) is 13.9 Å². The van der Waals surface area contributed by atoms with Gasteiger partial charge in [-0.1, -0.05) is 13.8 Å². The zero-order chi connectivity index (χ0) is 14.7. The maximum absolute atomic E-state index is 12.4. The summed E-state index contributed by atoms with van der Waals surface area (Å²) in [6.45, 7) is 10.2. The Morgan fingerprint density at radius 2 is 1.89 bits per heavy atom. The van der Waals surface area contributed by atoms with Crippen LogP contribution in [0.3, 0.4) is 0 Å². The highest BCUT2D eigenvalue weighted by Crippen LogP contribution is 2.31. The number of rotatable bonds is 5. The summed E-state index contributed by atoms with van der Waals surface area (Å²) in [5, 5.41) is 0. The summed E-state index contributed by atoms with van der Waals surface area (Å²) in [5.41, 5.74) is 0.848. The van der Waals surface area contributed by atoms with Gasteiger partial charge in [0.25, 0.3) is 0 Å². The van der Waals surface area contributed by atoms with Crippen molar-refractivity contribution in [3.05, 3.63) is 28.5 Å². The molecule has 0 saturated carbocycles. The van der Waals surface area contributed by atoms with Gasteiger partial charge in [0.15, 0.2) is 0 Å². The van der Waals surface area contributed by atoms with Crippen LogP contribution < -0.4 is 4.72 Å². The third-order valence-corrected chi connectivity index (χ3v) is 5.45. The number of pyridine rings is 1. The van der Waals surface area contributed by atoms with Gasteiger partial charge in [0.1, 0.15) is 4.60 Å². The van der Waals surface area contributed by atoms with E-state index in [0.717, 1.165) is 23.0 Å². The fourth-order valence-corrected chi connectivity index (χ4v) is 3.32. The smallest absolute Gasteiger partial charge is 0.106 e. The lowest BCUT2D eigenvalue weighted by atomic mass is 9.86. The van der Waals surface area contributed by atoms with Crippen LogP contribution >= 0.6 is 15.9 Å². The van der Waals surface area contributed by atoms with E-state index in [1.54, 1.807) is 6.20 Å². The highest BCUT2D eigenvalue weighted by molar-refractivity contribution is 9.10. The fraction of sp³-hybridized carbons (Fsp3) is 0.643. The van der Waals surface area contributed by atoms with Gasteiger partial charge >= 0.3 is 0 Å². The van der Waals surface area contributed by atoms with Gasteiger partial charge in [0, 0.05) is 6.20 Å². The van der Waals surface area contributed by atoms with Gasteiger partial charge in [-0.3, -0.25) is 0 Å². The highest BCUT2D eigenvalue weighted by Gasteiger charge is 2.33. The molecule has 108 valence electrons. The SMILES string of the molecule is CCC(CC)(NS(=O)C(C)(C)C)c1ccnc(Br)c1. The molecule has 0 bridgehead atoms. The average molecular weight is 347 g/mol. The van der Waals surface area contributed by atoms with E-state index < -0.39 is 11.0 Å². The van der Waals surface area contributed by atoms with E-state index >= 15 is 0 Å². The van der Waals surface area contributed by atoms with Crippen LogP contribution in [-0.2, 0) is 16.5 Å². The maximum Gasteiger partial charge on any atom is 0.106 e. The molecule has 1 aromatic rings. The van der Waals surface area contributed by atoms with Crippen molar-refractivity contribution in [2.45, 2.75) is 57.7 Å². The van der Waals surface area contributed by atoms with Crippen LogP contribution in [0.4, 0.5) is 0 Å². The molecule has 1 atom stereocenters. The molecule has 0 aromatic carbocycles. The molecule has 0 aliphatic rings. The van der Waals surface area contributed by atoms with Crippen molar-refractivity contribution in [2.24, 2.45) is 0 Å². The van der Waals surface area contributed by atoms with Crippen molar-refractivity contribution in [1.29, 1.82) is 0 Å². The minimum atomic E-state index is -1.10. The number of halogens is 1. The molecule has 1 unspecified atom stereocenters. The zero-order valence-corrected chi connectivity index (χ0v) is 14.7. The van der Waals surface area contributed by atoms with E-state index in [0.29, 0.717) is 0 Å². The van der Waals surface area contributed by atoms with Gasteiger partial charge in [-0.15, -0.1) is 0 Å². The van der Waals surface area contributed by atoms with Crippen molar-refractivity contribution in [3.63, 3.8) is 0 Å². The Bertz CT molecular complexity index is 453. The molecule has 1 N–H and O–H groups in total. The van der Waals surface area contributed by atoms with Gasteiger partial charge < -0.3 is 0 Å². The van der Waals surface area contributed by atoms with Gasteiger partial charge in [0.2, 0.25) is 0 Å². The van der Waals surface area contributed by atoms with E-state index in [9.17, 15) is 4.21 Å². The molecule has 0 spiro atoms. The van der Waals surface area contributed by atoms with Gasteiger partial charge in [-0.05, 0) is 67.2 Å². The number of hydrogen-bond donors (Lipinski definition) is 1. The first-order valence-corrected chi connectivity index (χ1v) is 8.51. The van der Waals surface area contributed by atoms with E-state index in [1.165, 1.54) is 0 Å². The second kappa shape index (κ2) is 6.46. The Hall–Kier alpha value is -0.260. The van der Waals surface area contributed by atoms with Crippen molar-refractivity contribution < 1.29 is 4.21 Å². The normalized spacial score (nSPS) is 14.4.